The van der Waals surface area contributed by atoms with Gasteiger partial charge < -0.3 is 10.6 Å². The number of nitrogens with zero attached hydrogens (tertiary/aromatic N) is 1. The third-order valence-corrected chi connectivity index (χ3v) is 4.81. The fraction of sp³-hybridized carbons (Fsp3) is 0.188. The number of non-ortho nitro benzene ring substituents is 1. The number of amides is 2. The first kappa shape index (κ1) is 16.3. The predicted octanol–water partition coefficient (Wildman–Crippen LogP) is 4.09. The molecule has 0 fully saturated rings. The van der Waals surface area contributed by atoms with Crippen molar-refractivity contribution >= 4 is 29.2 Å². The maximum absolute atomic E-state index is 13.8. The number of hydrogen-bond donors (Lipinski definition) is 2. The van der Waals surface area contributed by atoms with Crippen molar-refractivity contribution in [3.63, 3.8) is 0 Å². The fourth-order valence-electron chi connectivity index (χ4n) is 2.56. The summed E-state index contributed by atoms with van der Waals surface area (Å²) in [5.41, 5.74) is 0.973. The number of carbonyl (C=O) groups excluding carboxylic acids is 1. The average Bonchev–Trinajstić information content (AvgIpc) is 2.56. The minimum absolute atomic E-state index is 0.103. The third kappa shape index (κ3) is 3.48. The Kier molecular flexibility index (Phi) is 4.66. The van der Waals surface area contributed by atoms with E-state index in [0.29, 0.717) is 22.8 Å². The Morgan fingerprint density at radius 3 is 2.88 bits per heavy atom. The van der Waals surface area contributed by atoms with Crippen LogP contribution >= 0.6 is 11.8 Å². The number of anilines is 1. The highest BCUT2D eigenvalue weighted by atomic mass is 32.2. The second-order valence-corrected chi connectivity index (χ2v) is 6.36. The van der Waals surface area contributed by atoms with E-state index in [9.17, 15) is 19.3 Å². The molecular formula is C16H14FN3O3S. The Morgan fingerprint density at radius 2 is 2.08 bits per heavy atom. The van der Waals surface area contributed by atoms with Crippen LogP contribution in [0.2, 0.25) is 0 Å². The quantitative estimate of drug-likeness (QED) is 0.647. The molecule has 0 spiro atoms. The molecule has 0 radical (unpaired) electrons. The van der Waals surface area contributed by atoms with Crippen LogP contribution in [0, 0.1) is 15.9 Å². The molecule has 1 aliphatic heterocycles. The second-order valence-electron chi connectivity index (χ2n) is 5.25. The zero-order valence-corrected chi connectivity index (χ0v) is 13.3. The molecule has 0 aromatic heterocycles. The molecule has 0 bridgehead atoms. The van der Waals surface area contributed by atoms with Gasteiger partial charge in [0.2, 0.25) is 0 Å². The average molecular weight is 347 g/mol. The van der Waals surface area contributed by atoms with Crippen molar-refractivity contribution in [2.75, 3.05) is 11.1 Å². The SMILES string of the molecule is O=C(Nc1cccc([N+](=O)[O-])c1)N[C@@H]1CCSc2c(F)cccc21. The van der Waals surface area contributed by atoms with Crippen molar-refractivity contribution in [1.82, 2.24) is 5.32 Å². The van der Waals surface area contributed by atoms with Gasteiger partial charge >= 0.3 is 6.03 Å². The second kappa shape index (κ2) is 6.88. The van der Waals surface area contributed by atoms with E-state index in [1.165, 1.54) is 36.0 Å². The Morgan fingerprint density at radius 1 is 1.29 bits per heavy atom. The van der Waals surface area contributed by atoms with Gasteiger partial charge in [-0.1, -0.05) is 18.2 Å². The van der Waals surface area contributed by atoms with Crippen molar-refractivity contribution in [2.45, 2.75) is 17.4 Å². The summed E-state index contributed by atoms with van der Waals surface area (Å²) >= 11 is 1.43. The van der Waals surface area contributed by atoms with E-state index in [4.69, 9.17) is 0 Å². The van der Waals surface area contributed by atoms with Gasteiger partial charge in [-0.15, -0.1) is 11.8 Å². The predicted molar refractivity (Wildman–Crippen MR) is 89.7 cm³/mol. The van der Waals surface area contributed by atoms with E-state index in [1.54, 1.807) is 18.2 Å². The van der Waals surface area contributed by atoms with Gasteiger partial charge in [-0.3, -0.25) is 10.1 Å². The van der Waals surface area contributed by atoms with Crippen molar-refractivity contribution in [1.29, 1.82) is 0 Å². The summed E-state index contributed by atoms with van der Waals surface area (Å²) < 4.78 is 13.8. The minimum atomic E-state index is -0.527. The Bertz CT molecular complexity index is 800. The molecule has 2 amide bonds. The van der Waals surface area contributed by atoms with Crippen LogP contribution in [0.3, 0.4) is 0 Å². The van der Waals surface area contributed by atoms with Crippen LogP contribution in [0.15, 0.2) is 47.4 Å². The third-order valence-electron chi connectivity index (χ3n) is 3.65. The van der Waals surface area contributed by atoms with Crippen LogP contribution in [0.1, 0.15) is 18.0 Å². The van der Waals surface area contributed by atoms with Crippen molar-refractivity contribution in [3.8, 4) is 0 Å². The van der Waals surface area contributed by atoms with Gasteiger partial charge in [-0.2, -0.15) is 0 Å². The van der Waals surface area contributed by atoms with Gasteiger partial charge in [0.1, 0.15) is 5.82 Å². The van der Waals surface area contributed by atoms with Gasteiger partial charge in [-0.05, 0) is 24.1 Å². The molecule has 6 nitrogen and oxygen atoms in total. The normalized spacial score (nSPS) is 16.1. The number of fused-ring (bicyclic) bond motifs is 1. The van der Waals surface area contributed by atoms with Crippen LogP contribution in [-0.2, 0) is 0 Å². The number of rotatable bonds is 3. The van der Waals surface area contributed by atoms with Crippen LogP contribution in [0.25, 0.3) is 0 Å². The molecule has 1 heterocycles. The van der Waals surface area contributed by atoms with Crippen LogP contribution in [0.5, 0.6) is 0 Å². The molecule has 1 atom stereocenters. The van der Waals surface area contributed by atoms with Gasteiger partial charge in [0.25, 0.3) is 5.69 Å². The zero-order valence-electron chi connectivity index (χ0n) is 12.5. The molecule has 2 aromatic carbocycles. The van der Waals surface area contributed by atoms with Crippen molar-refractivity contribution < 1.29 is 14.1 Å². The number of benzene rings is 2. The number of nitrogens with one attached hydrogen (secondary N) is 2. The lowest BCUT2D eigenvalue weighted by Crippen LogP contribution is -2.34. The molecule has 1 aliphatic rings. The monoisotopic (exact) mass is 347 g/mol. The summed E-state index contributed by atoms with van der Waals surface area (Å²) in [6, 6.07) is 9.72. The minimum Gasteiger partial charge on any atom is -0.331 e. The molecule has 0 aliphatic carbocycles. The molecule has 2 N–H and O–H groups in total. The summed E-state index contributed by atoms with van der Waals surface area (Å²) in [4.78, 5) is 23.0. The highest BCUT2D eigenvalue weighted by molar-refractivity contribution is 7.99. The molecule has 8 heteroatoms. The summed E-state index contributed by atoms with van der Waals surface area (Å²) in [5.74, 6) is 0.415. The van der Waals surface area contributed by atoms with Crippen molar-refractivity contribution in [3.05, 3.63) is 64.0 Å². The number of thioether (sulfide) groups is 1. The molecule has 0 saturated heterocycles. The standard InChI is InChI=1S/C16H14FN3O3S/c17-13-6-2-5-12-14(7-8-24-15(12)13)19-16(21)18-10-3-1-4-11(9-10)20(22)23/h1-6,9,14H,7-8H2,(H2,18,19,21)/t14-/m1/s1. The summed E-state index contributed by atoms with van der Waals surface area (Å²) in [5, 5.41) is 16.1. The maximum atomic E-state index is 13.8. The van der Waals surface area contributed by atoms with E-state index < -0.39 is 11.0 Å². The molecule has 0 saturated carbocycles. The van der Waals surface area contributed by atoms with Crippen molar-refractivity contribution in [2.24, 2.45) is 0 Å². The smallest absolute Gasteiger partial charge is 0.319 e. The number of nitro groups is 1. The molecule has 0 unspecified atom stereocenters. The molecule has 3 rings (SSSR count). The topological polar surface area (TPSA) is 84.3 Å². The van der Waals surface area contributed by atoms with E-state index >= 15 is 0 Å². The first-order chi connectivity index (χ1) is 11.5. The van der Waals surface area contributed by atoms with Gasteiger partial charge in [0.15, 0.2) is 0 Å². The van der Waals surface area contributed by atoms with Crippen LogP contribution in [-0.4, -0.2) is 16.7 Å². The molecular weight excluding hydrogens is 333 g/mol. The largest absolute Gasteiger partial charge is 0.331 e. The summed E-state index contributed by atoms with van der Waals surface area (Å²) in [7, 11) is 0. The first-order valence-electron chi connectivity index (χ1n) is 7.28. The number of nitro benzene ring substituents is 1. The molecule has 124 valence electrons. The number of carbonyl (C=O) groups is 1. The number of urea groups is 1. The zero-order chi connectivity index (χ0) is 17.1. The lowest BCUT2D eigenvalue weighted by Gasteiger charge is -2.26. The Balaban J connectivity index is 1.71. The first-order valence-corrected chi connectivity index (χ1v) is 8.26. The van der Waals surface area contributed by atoms with E-state index in [-0.39, 0.29) is 17.5 Å². The lowest BCUT2D eigenvalue weighted by atomic mass is 10.0. The van der Waals surface area contributed by atoms with Crippen LogP contribution < -0.4 is 10.6 Å². The molecule has 24 heavy (non-hydrogen) atoms. The van der Waals surface area contributed by atoms with E-state index in [2.05, 4.69) is 10.6 Å². The Hall–Kier alpha value is -2.61. The number of halogens is 1. The maximum Gasteiger partial charge on any atom is 0.319 e. The Labute approximate surface area is 141 Å². The lowest BCUT2D eigenvalue weighted by molar-refractivity contribution is -0.384. The molecule has 2 aromatic rings. The highest BCUT2D eigenvalue weighted by Crippen LogP contribution is 2.37. The fourth-order valence-corrected chi connectivity index (χ4v) is 3.70. The summed E-state index contributed by atoms with van der Waals surface area (Å²) in [6.07, 6.45) is 0.684. The van der Waals surface area contributed by atoms with E-state index in [1.807, 2.05) is 0 Å². The van der Waals surface area contributed by atoms with Gasteiger partial charge in [-0.25, -0.2) is 9.18 Å². The number of hydrogen-bond acceptors (Lipinski definition) is 4. The highest BCUT2D eigenvalue weighted by Gasteiger charge is 2.24. The van der Waals surface area contributed by atoms with Gasteiger partial charge in [0.05, 0.1) is 11.0 Å². The van der Waals surface area contributed by atoms with E-state index in [0.717, 1.165) is 5.56 Å². The summed E-state index contributed by atoms with van der Waals surface area (Å²) in [6.45, 7) is 0. The van der Waals surface area contributed by atoms with Crippen LogP contribution in [0.4, 0.5) is 20.6 Å². The van der Waals surface area contributed by atoms with Gasteiger partial charge in [0, 0.05) is 28.5 Å².